The predicted octanol–water partition coefficient (Wildman–Crippen LogP) is 6.74. The van der Waals surface area contributed by atoms with Gasteiger partial charge in [-0.25, -0.2) is 13.8 Å². The Morgan fingerprint density at radius 1 is 1.09 bits per heavy atom. The van der Waals surface area contributed by atoms with E-state index in [0.717, 1.165) is 5.56 Å². The van der Waals surface area contributed by atoms with Crippen LogP contribution in [0.3, 0.4) is 0 Å². The fraction of sp³-hybridized carbons (Fsp3) is 0.130. The Kier molecular flexibility index (Phi) is 5.23. The Morgan fingerprint density at radius 2 is 1.85 bits per heavy atom. The first-order valence-corrected chi connectivity index (χ1v) is 10.6. The third kappa shape index (κ3) is 3.50. The molecule has 10 heteroatoms. The van der Waals surface area contributed by atoms with Gasteiger partial charge < -0.3 is 0 Å². The smallest absolute Gasteiger partial charge is 0.280 e. The maximum Gasteiger partial charge on any atom is 0.280 e. The quantitative estimate of drug-likeness (QED) is 0.284. The van der Waals surface area contributed by atoms with Crippen molar-refractivity contribution in [2.24, 2.45) is 0 Å². The van der Waals surface area contributed by atoms with E-state index in [1.165, 1.54) is 10.6 Å². The third-order valence-electron chi connectivity index (χ3n) is 5.41. The van der Waals surface area contributed by atoms with Crippen LogP contribution < -0.4 is 0 Å². The van der Waals surface area contributed by atoms with Gasteiger partial charge in [0, 0.05) is 40.7 Å². The molecule has 1 unspecified atom stereocenters. The van der Waals surface area contributed by atoms with Crippen molar-refractivity contribution in [3.63, 3.8) is 0 Å². The van der Waals surface area contributed by atoms with Gasteiger partial charge in [-0.1, -0.05) is 29.3 Å². The van der Waals surface area contributed by atoms with Crippen LogP contribution in [-0.4, -0.2) is 24.1 Å². The van der Waals surface area contributed by atoms with Gasteiger partial charge in [0.25, 0.3) is 6.43 Å². The molecule has 0 radical (unpaired) electrons. The minimum atomic E-state index is -2.82. The molecule has 1 aromatic carbocycles. The summed E-state index contributed by atoms with van der Waals surface area (Å²) in [7, 11) is 0. The van der Waals surface area contributed by atoms with Crippen LogP contribution in [0.25, 0.3) is 38.9 Å². The molecule has 0 bridgehead atoms. The molecule has 0 fully saturated rings. The van der Waals surface area contributed by atoms with Crippen molar-refractivity contribution in [1.82, 2.24) is 24.1 Å². The molecule has 0 aliphatic rings. The molecule has 5 aromatic rings. The number of pyridine rings is 2. The van der Waals surface area contributed by atoms with Gasteiger partial charge in [0.05, 0.1) is 27.8 Å². The molecule has 33 heavy (non-hydrogen) atoms. The molecule has 4 aromatic heterocycles. The lowest BCUT2D eigenvalue weighted by Crippen LogP contribution is -2.01. The van der Waals surface area contributed by atoms with Crippen LogP contribution in [0, 0.1) is 11.3 Å². The molecule has 0 aliphatic heterocycles. The largest absolute Gasteiger partial charge is 0.297 e. The van der Waals surface area contributed by atoms with Crippen LogP contribution in [0.15, 0.2) is 55.1 Å². The fourth-order valence-electron chi connectivity index (χ4n) is 3.75. The molecule has 6 nitrogen and oxygen atoms in total. The van der Waals surface area contributed by atoms with E-state index in [1.807, 2.05) is 6.07 Å². The monoisotopic (exact) mass is 482 g/mol. The number of fused-ring (bicyclic) bond motifs is 3. The SMILES string of the molecule is CC(C#N)n1cc(-c2cnc3ccn4c(C(F)F)c(-c5c(Cl)cccc5Cl)nc4c3c2)cn1. The zero-order valence-corrected chi connectivity index (χ0v) is 18.6. The van der Waals surface area contributed by atoms with E-state index < -0.39 is 12.5 Å². The summed E-state index contributed by atoms with van der Waals surface area (Å²) in [6.07, 6.45) is 3.73. The normalized spacial score (nSPS) is 12.5. The zero-order valence-electron chi connectivity index (χ0n) is 17.0. The second-order valence-corrected chi connectivity index (χ2v) is 8.24. The first kappa shape index (κ1) is 21.3. The van der Waals surface area contributed by atoms with Crippen molar-refractivity contribution >= 4 is 39.8 Å². The maximum atomic E-state index is 14.2. The van der Waals surface area contributed by atoms with Crippen LogP contribution in [0.1, 0.15) is 25.1 Å². The first-order valence-electron chi connectivity index (χ1n) is 9.86. The molecule has 0 aliphatic carbocycles. The molecule has 164 valence electrons. The third-order valence-corrected chi connectivity index (χ3v) is 6.04. The number of imidazole rings is 1. The van der Waals surface area contributed by atoms with Crippen molar-refractivity contribution in [2.75, 3.05) is 0 Å². The van der Waals surface area contributed by atoms with Gasteiger partial charge in [-0.2, -0.15) is 10.4 Å². The number of nitriles is 1. The number of halogens is 4. The summed E-state index contributed by atoms with van der Waals surface area (Å²) in [6, 6.07) is 9.97. The molecule has 0 amide bonds. The highest BCUT2D eigenvalue weighted by Crippen LogP contribution is 2.40. The average Bonchev–Trinajstić information content (AvgIpc) is 3.43. The Bertz CT molecular complexity index is 1550. The highest BCUT2D eigenvalue weighted by atomic mass is 35.5. The summed E-state index contributed by atoms with van der Waals surface area (Å²) in [5, 5.41) is 14.4. The number of hydrogen-bond donors (Lipinski definition) is 0. The Hall–Kier alpha value is -3.54. The van der Waals surface area contributed by atoms with Gasteiger partial charge in [-0.05, 0) is 31.2 Å². The van der Waals surface area contributed by atoms with Crippen molar-refractivity contribution < 1.29 is 8.78 Å². The van der Waals surface area contributed by atoms with Crippen LogP contribution >= 0.6 is 23.2 Å². The number of rotatable bonds is 4. The Morgan fingerprint density at radius 3 is 2.55 bits per heavy atom. The van der Waals surface area contributed by atoms with Gasteiger partial charge in [-0.15, -0.1) is 0 Å². The molecule has 4 heterocycles. The molecular formula is C23H14Cl2F2N6. The second kappa shape index (κ2) is 8.10. The van der Waals surface area contributed by atoms with Crippen molar-refractivity contribution in [1.29, 1.82) is 5.26 Å². The second-order valence-electron chi connectivity index (χ2n) is 7.42. The molecule has 0 saturated carbocycles. The minimum absolute atomic E-state index is 0.0224. The Balaban J connectivity index is 1.77. The Labute approximate surface area is 196 Å². The first-order chi connectivity index (χ1) is 15.9. The van der Waals surface area contributed by atoms with E-state index in [9.17, 15) is 8.78 Å². The van der Waals surface area contributed by atoms with E-state index in [1.54, 1.807) is 54.5 Å². The van der Waals surface area contributed by atoms with Crippen molar-refractivity contribution in [2.45, 2.75) is 19.4 Å². The summed E-state index contributed by atoms with van der Waals surface area (Å²) in [5.74, 6) is 0. The van der Waals surface area contributed by atoms with Gasteiger partial charge in [0.15, 0.2) is 0 Å². The molecule has 1 atom stereocenters. The van der Waals surface area contributed by atoms with E-state index in [4.69, 9.17) is 28.5 Å². The summed E-state index contributed by atoms with van der Waals surface area (Å²) in [6.45, 7) is 1.73. The van der Waals surface area contributed by atoms with E-state index in [0.29, 0.717) is 22.1 Å². The fourth-order valence-corrected chi connectivity index (χ4v) is 4.33. The number of alkyl halides is 2. The van der Waals surface area contributed by atoms with Crippen molar-refractivity contribution in [3.8, 4) is 28.5 Å². The van der Waals surface area contributed by atoms with Gasteiger partial charge in [0.2, 0.25) is 0 Å². The number of nitrogens with zero attached hydrogens (tertiary/aromatic N) is 6. The predicted molar refractivity (Wildman–Crippen MR) is 122 cm³/mol. The number of benzene rings is 1. The van der Waals surface area contributed by atoms with Crippen LogP contribution in [0.2, 0.25) is 10.0 Å². The topological polar surface area (TPSA) is 71.8 Å². The standard InChI is InChI=1S/C23H14Cl2F2N6/c1-12(8-28)33-11-14(10-30-33)13-7-15-18(29-9-13)5-6-32-21(22(26)27)20(31-23(15)32)19-16(24)3-2-4-17(19)25/h2-7,9-12,22H,1H3. The minimum Gasteiger partial charge on any atom is -0.297 e. The lowest BCUT2D eigenvalue weighted by Gasteiger charge is -2.08. The molecular weight excluding hydrogens is 469 g/mol. The van der Waals surface area contributed by atoms with Crippen LogP contribution in [-0.2, 0) is 0 Å². The van der Waals surface area contributed by atoms with Crippen LogP contribution in [0.5, 0.6) is 0 Å². The summed E-state index contributed by atoms with van der Waals surface area (Å²) in [4.78, 5) is 9.02. The van der Waals surface area contributed by atoms with Gasteiger partial charge >= 0.3 is 0 Å². The van der Waals surface area contributed by atoms with Crippen molar-refractivity contribution in [3.05, 3.63) is 70.9 Å². The lowest BCUT2D eigenvalue weighted by molar-refractivity contribution is 0.146. The summed E-state index contributed by atoms with van der Waals surface area (Å²) < 4.78 is 31.3. The lowest BCUT2D eigenvalue weighted by atomic mass is 10.1. The van der Waals surface area contributed by atoms with Gasteiger partial charge in [-0.3, -0.25) is 14.1 Å². The molecule has 5 rings (SSSR count). The molecule has 0 spiro atoms. The molecule has 0 N–H and O–H groups in total. The number of aromatic nitrogens is 5. The van der Waals surface area contributed by atoms with Gasteiger partial charge in [0.1, 0.15) is 23.1 Å². The highest BCUT2D eigenvalue weighted by Gasteiger charge is 2.26. The van der Waals surface area contributed by atoms with Crippen LogP contribution in [0.4, 0.5) is 8.78 Å². The van der Waals surface area contributed by atoms with E-state index in [2.05, 4.69) is 21.1 Å². The molecule has 0 saturated heterocycles. The zero-order chi connectivity index (χ0) is 23.3. The van der Waals surface area contributed by atoms with E-state index in [-0.39, 0.29) is 27.0 Å². The number of hydrogen-bond acceptors (Lipinski definition) is 4. The maximum absolute atomic E-state index is 14.2. The summed E-state index contributed by atoms with van der Waals surface area (Å²) in [5.41, 5.74) is 2.32. The summed E-state index contributed by atoms with van der Waals surface area (Å²) >= 11 is 12.6. The highest BCUT2D eigenvalue weighted by molar-refractivity contribution is 6.39. The average molecular weight is 483 g/mol. The van der Waals surface area contributed by atoms with E-state index >= 15 is 0 Å².